The van der Waals surface area contributed by atoms with Crippen molar-refractivity contribution >= 4 is 15.9 Å². The van der Waals surface area contributed by atoms with Crippen LogP contribution in [0.3, 0.4) is 0 Å². The van der Waals surface area contributed by atoms with Gasteiger partial charge >= 0.3 is 5.76 Å². The first-order chi connectivity index (χ1) is 7.09. The van der Waals surface area contributed by atoms with Gasteiger partial charge in [-0.25, -0.2) is 13.6 Å². The molecule has 1 heterocycles. The van der Waals surface area contributed by atoms with Crippen molar-refractivity contribution in [3.05, 3.63) is 38.8 Å². The van der Waals surface area contributed by atoms with Crippen molar-refractivity contribution in [2.24, 2.45) is 0 Å². The Hall–Kier alpha value is -1.50. The number of halogens is 3. The van der Waals surface area contributed by atoms with Crippen molar-refractivity contribution < 1.29 is 13.3 Å². The van der Waals surface area contributed by atoms with Gasteiger partial charge in [-0.2, -0.15) is 0 Å². The molecule has 0 aliphatic rings. The summed E-state index contributed by atoms with van der Waals surface area (Å²) in [6.07, 6.45) is 0. The van der Waals surface area contributed by atoms with Crippen LogP contribution >= 0.6 is 15.9 Å². The molecule has 0 aliphatic carbocycles. The van der Waals surface area contributed by atoms with E-state index in [1.807, 2.05) is 0 Å². The summed E-state index contributed by atoms with van der Waals surface area (Å²) in [5, 5.41) is 3.27. The lowest BCUT2D eigenvalue weighted by atomic mass is 10.2. The van der Waals surface area contributed by atoms with Gasteiger partial charge in [0, 0.05) is 4.47 Å². The van der Waals surface area contributed by atoms with Crippen LogP contribution in [0.25, 0.3) is 11.4 Å². The smallest absolute Gasteiger partial charge is 0.296 e. The van der Waals surface area contributed by atoms with E-state index in [4.69, 9.17) is 0 Å². The summed E-state index contributed by atoms with van der Waals surface area (Å²) in [6, 6.07) is 2.27. The van der Waals surface area contributed by atoms with E-state index in [1.165, 1.54) is 6.07 Å². The van der Waals surface area contributed by atoms with E-state index >= 15 is 0 Å². The van der Waals surface area contributed by atoms with E-state index in [-0.39, 0.29) is 15.9 Å². The van der Waals surface area contributed by atoms with Crippen molar-refractivity contribution in [3.63, 3.8) is 0 Å². The van der Waals surface area contributed by atoms with Gasteiger partial charge in [-0.3, -0.25) is 9.51 Å². The third-order valence-corrected chi connectivity index (χ3v) is 2.38. The van der Waals surface area contributed by atoms with Crippen LogP contribution < -0.4 is 5.76 Å². The molecule has 0 bridgehead atoms. The Bertz CT molecular complexity index is 564. The van der Waals surface area contributed by atoms with Crippen molar-refractivity contribution in [3.8, 4) is 11.4 Å². The summed E-state index contributed by atoms with van der Waals surface area (Å²) in [5.74, 6) is -3.13. The average molecular weight is 277 g/mol. The maximum atomic E-state index is 13.3. The van der Waals surface area contributed by atoms with Gasteiger partial charge < -0.3 is 0 Å². The van der Waals surface area contributed by atoms with Gasteiger partial charge in [0.1, 0.15) is 0 Å². The Morgan fingerprint density at radius 3 is 2.73 bits per heavy atom. The molecule has 1 N–H and O–H groups in total. The molecule has 0 atom stereocenters. The fourth-order valence-corrected chi connectivity index (χ4v) is 1.58. The van der Waals surface area contributed by atoms with E-state index in [0.29, 0.717) is 0 Å². The molecule has 1 aromatic heterocycles. The second-order valence-electron chi connectivity index (χ2n) is 2.66. The molecule has 15 heavy (non-hydrogen) atoms. The Balaban J connectivity index is 2.71. The zero-order chi connectivity index (χ0) is 11.0. The van der Waals surface area contributed by atoms with Crippen LogP contribution in [0, 0.1) is 11.6 Å². The van der Waals surface area contributed by atoms with Crippen LogP contribution in [0.5, 0.6) is 0 Å². The highest BCUT2D eigenvalue weighted by Gasteiger charge is 2.17. The molecule has 0 spiro atoms. The Labute approximate surface area is 90.0 Å². The summed E-state index contributed by atoms with van der Waals surface area (Å²) in [5.41, 5.74) is -0.180. The first-order valence-corrected chi connectivity index (χ1v) is 4.59. The lowest BCUT2D eigenvalue weighted by molar-refractivity contribution is 0.387. The van der Waals surface area contributed by atoms with Crippen molar-refractivity contribution in [2.75, 3.05) is 0 Å². The number of aromatic amines is 1. The molecule has 0 amide bonds. The minimum Gasteiger partial charge on any atom is -0.296 e. The third kappa shape index (κ3) is 1.70. The normalized spacial score (nSPS) is 10.6. The molecule has 78 valence electrons. The van der Waals surface area contributed by atoms with E-state index < -0.39 is 17.4 Å². The first-order valence-electron chi connectivity index (χ1n) is 3.79. The monoisotopic (exact) mass is 276 g/mol. The predicted molar refractivity (Wildman–Crippen MR) is 50.2 cm³/mol. The Kier molecular flexibility index (Phi) is 2.39. The zero-order valence-electron chi connectivity index (χ0n) is 7.05. The molecular formula is C8H3BrF2N2O2. The quantitative estimate of drug-likeness (QED) is 0.812. The molecule has 1 aromatic carbocycles. The highest BCUT2D eigenvalue weighted by atomic mass is 79.9. The van der Waals surface area contributed by atoms with Crippen LogP contribution in [0.1, 0.15) is 0 Å². The van der Waals surface area contributed by atoms with Gasteiger partial charge in [-0.15, -0.1) is 0 Å². The number of rotatable bonds is 1. The van der Waals surface area contributed by atoms with Crippen LogP contribution in [0.4, 0.5) is 8.78 Å². The maximum Gasteiger partial charge on any atom is 0.439 e. The molecule has 0 radical (unpaired) electrons. The standard InChI is InChI=1S/C8H3BrF2N2O2/c9-3-1-2-4(10)6(11)5(3)7-12-8(14)15-13-7/h1-2H,(H,12,13,14). The molecule has 0 fully saturated rings. The van der Waals surface area contributed by atoms with Gasteiger partial charge in [0.2, 0.25) is 0 Å². The summed E-state index contributed by atoms with van der Waals surface area (Å²) in [4.78, 5) is 12.8. The van der Waals surface area contributed by atoms with Crippen LogP contribution in [0.2, 0.25) is 0 Å². The van der Waals surface area contributed by atoms with E-state index in [2.05, 4.69) is 30.6 Å². The predicted octanol–water partition coefficient (Wildman–Crippen LogP) is 2.07. The minimum atomic E-state index is -1.10. The number of H-pyrrole nitrogens is 1. The minimum absolute atomic E-state index is 0.163. The molecule has 2 rings (SSSR count). The Morgan fingerprint density at radius 1 is 1.40 bits per heavy atom. The molecule has 0 aliphatic heterocycles. The van der Waals surface area contributed by atoms with Crippen LogP contribution in [-0.4, -0.2) is 10.1 Å². The summed E-state index contributed by atoms with van der Waals surface area (Å²) >= 11 is 3.02. The lowest BCUT2D eigenvalue weighted by Crippen LogP contribution is -1.97. The number of aromatic nitrogens is 2. The van der Waals surface area contributed by atoms with Crippen molar-refractivity contribution in [1.82, 2.24) is 10.1 Å². The first kappa shape index (κ1) is 10.0. The lowest BCUT2D eigenvalue weighted by Gasteiger charge is -2.01. The van der Waals surface area contributed by atoms with E-state index in [1.54, 1.807) is 0 Å². The molecule has 4 nitrogen and oxygen atoms in total. The number of hydrogen-bond donors (Lipinski definition) is 1. The van der Waals surface area contributed by atoms with E-state index in [0.717, 1.165) is 6.07 Å². The van der Waals surface area contributed by atoms with Gasteiger partial charge in [-0.1, -0.05) is 5.16 Å². The average Bonchev–Trinajstić information content (AvgIpc) is 2.59. The van der Waals surface area contributed by atoms with Gasteiger partial charge in [0.05, 0.1) is 5.56 Å². The summed E-state index contributed by atoms with van der Waals surface area (Å²) in [6.45, 7) is 0. The number of hydrogen-bond acceptors (Lipinski definition) is 3. The number of nitrogens with one attached hydrogen (secondary N) is 1. The molecule has 0 unspecified atom stereocenters. The maximum absolute atomic E-state index is 13.3. The number of benzene rings is 1. The largest absolute Gasteiger partial charge is 0.439 e. The molecular weight excluding hydrogens is 274 g/mol. The highest BCUT2D eigenvalue weighted by molar-refractivity contribution is 9.10. The van der Waals surface area contributed by atoms with Gasteiger partial charge in [0.25, 0.3) is 0 Å². The second kappa shape index (κ2) is 3.58. The van der Waals surface area contributed by atoms with Crippen LogP contribution in [-0.2, 0) is 0 Å². The molecule has 0 saturated heterocycles. The summed E-state index contributed by atoms with van der Waals surface area (Å²) in [7, 11) is 0. The van der Waals surface area contributed by atoms with Gasteiger partial charge in [-0.05, 0) is 28.1 Å². The highest BCUT2D eigenvalue weighted by Crippen LogP contribution is 2.29. The van der Waals surface area contributed by atoms with E-state index in [9.17, 15) is 13.6 Å². The second-order valence-corrected chi connectivity index (χ2v) is 3.52. The SMILES string of the molecule is O=c1[nH]c(-c2c(Br)ccc(F)c2F)no1. The number of nitrogens with zero attached hydrogens (tertiary/aromatic N) is 1. The molecule has 0 saturated carbocycles. The van der Waals surface area contributed by atoms with Crippen molar-refractivity contribution in [2.45, 2.75) is 0 Å². The third-order valence-electron chi connectivity index (χ3n) is 1.72. The van der Waals surface area contributed by atoms with Crippen LogP contribution in [0.15, 0.2) is 25.9 Å². The van der Waals surface area contributed by atoms with Gasteiger partial charge in [0.15, 0.2) is 17.5 Å². The zero-order valence-corrected chi connectivity index (χ0v) is 8.64. The fraction of sp³-hybridized carbons (Fsp3) is 0. The summed E-state index contributed by atoms with van der Waals surface area (Å²) < 4.78 is 30.7. The van der Waals surface area contributed by atoms with Crippen molar-refractivity contribution in [1.29, 1.82) is 0 Å². The Morgan fingerprint density at radius 2 is 2.13 bits per heavy atom. The fourth-order valence-electron chi connectivity index (χ4n) is 1.08. The topological polar surface area (TPSA) is 58.9 Å². The molecule has 2 aromatic rings. The molecule has 7 heteroatoms.